The normalized spacial score (nSPS) is 12.4. The van der Waals surface area contributed by atoms with Gasteiger partial charge in [0.15, 0.2) is 7.20 Å². The zero-order chi connectivity index (χ0) is 24.6. The minimum absolute atomic E-state index is 0.109. The Bertz CT molecular complexity index is 934. The Morgan fingerprint density at radius 3 is 1.61 bits per heavy atom. The second-order valence-electron chi connectivity index (χ2n) is 7.50. The lowest BCUT2D eigenvalue weighted by molar-refractivity contribution is -0.114. The molecule has 172 valence electrons. The monoisotopic (exact) mass is 461 g/mol. The fourth-order valence-corrected chi connectivity index (χ4v) is 5.47. The molecule has 1 aliphatic rings. The number of urea groups is 1. The lowest BCUT2D eigenvalue weighted by Crippen LogP contribution is -2.30. The molecule has 0 spiro atoms. The third-order valence-electron chi connectivity index (χ3n) is 4.58. The summed E-state index contributed by atoms with van der Waals surface area (Å²) in [5.41, 5.74) is 2.61. The van der Waals surface area contributed by atoms with Gasteiger partial charge in [-0.1, -0.05) is 111 Å². The molecule has 4 rings (SSSR count). The largest absolute Gasteiger partial charge is 0.352 e. The van der Waals surface area contributed by atoms with Crippen molar-refractivity contribution in [3.8, 4) is 0 Å². The fraction of sp³-hybridized carbons (Fsp3) is 0.214. The summed E-state index contributed by atoms with van der Waals surface area (Å²) in [6.07, 6.45) is 4.06. The number of ketones is 1. The second-order valence-corrected chi connectivity index (χ2v) is 9.72. The predicted molar refractivity (Wildman–Crippen MR) is 141 cm³/mol. The van der Waals surface area contributed by atoms with E-state index < -0.39 is 14.0 Å². The molecule has 0 saturated heterocycles. The van der Waals surface area contributed by atoms with Crippen molar-refractivity contribution in [3.05, 3.63) is 103 Å². The van der Waals surface area contributed by atoms with Crippen molar-refractivity contribution >= 4 is 35.6 Å². The van der Waals surface area contributed by atoms with Crippen LogP contribution in [0.4, 0.5) is 4.79 Å². The average Bonchev–Trinajstić information content (AvgIpc) is 3.30. The minimum Gasteiger partial charge on any atom is -0.352 e. The average molecular weight is 462 g/mol. The van der Waals surface area contributed by atoms with E-state index in [1.165, 1.54) is 22.3 Å². The number of carbonyl (C=O) groups is 2. The van der Waals surface area contributed by atoms with Gasteiger partial charge in [-0.05, 0) is 41.9 Å². The highest BCUT2D eigenvalue weighted by atomic mass is 31.1. The molecule has 0 saturated carbocycles. The molecule has 0 aliphatic heterocycles. The van der Waals surface area contributed by atoms with Crippen LogP contribution in [0.1, 0.15) is 33.1 Å². The van der Waals surface area contributed by atoms with Crippen molar-refractivity contribution in [2.24, 2.45) is 5.73 Å². The molecule has 3 N–H and O–H groups in total. The van der Waals surface area contributed by atoms with E-state index >= 15 is 0 Å². The summed E-state index contributed by atoms with van der Waals surface area (Å²) in [7, 11) is -0.446. The Morgan fingerprint density at radius 1 is 0.848 bits per heavy atom. The van der Waals surface area contributed by atoms with E-state index in [0.717, 1.165) is 12.0 Å². The molecule has 0 heterocycles. The standard InChI is InChI=1S/C18H15P.C7H10N2O2.C3H8/c1-4-10-16(11-5-1)19(17-12-6-2-7-13-17)18-14-8-3-9-15-18;8-7(11)9-4-5-1-2-6(10)3-5;1-3-2/h1-15H;3H,1-2,4H2,(H3,8,9,11);3H2,1-2H3/i/hD. The first-order chi connectivity index (χ1) is 16.6. The SMILES string of the molecule is CCC.[2H]NC(=O)NCC1=CC(=O)CC1.c1ccc(P(c2ccccc2)c2ccccc2)cc1. The van der Waals surface area contributed by atoms with E-state index in [1.807, 2.05) is 0 Å². The van der Waals surface area contributed by atoms with Crippen molar-refractivity contribution in [1.82, 2.24) is 5.32 Å². The van der Waals surface area contributed by atoms with Gasteiger partial charge in [0.2, 0.25) is 0 Å². The van der Waals surface area contributed by atoms with Gasteiger partial charge in [0.05, 0.1) is 0 Å². The van der Waals surface area contributed by atoms with Crippen LogP contribution in [0.3, 0.4) is 0 Å². The van der Waals surface area contributed by atoms with Crippen molar-refractivity contribution in [2.45, 2.75) is 33.1 Å². The zero-order valence-corrected chi connectivity index (χ0v) is 20.2. The second kappa shape index (κ2) is 14.8. The number of allylic oxidation sites excluding steroid dienone is 1. The molecule has 33 heavy (non-hydrogen) atoms. The van der Waals surface area contributed by atoms with Crippen LogP contribution >= 0.6 is 7.92 Å². The molecular weight excluding hydrogens is 427 g/mol. The van der Waals surface area contributed by atoms with E-state index in [-0.39, 0.29) is 5.78 Å². The summed E-state index contributed by atoms with van der Waals surface area (Å²) in [5.74, 6) is 0.109. The number of rotatable bonds is 5. The van der Waals surface area contributed by atoms with Gasteiger partial charge in [-0.15, -0.1) is 0 Å². The van der Waals surface area contributed by atoms with Crippen LogP contribution < -0.4 is 27.0 Å². The maximum Gasteiger partial charge on any atom is 0.312 e. The Labute approximate surface area is 200 Å². The maximum atomic E-state index is 10.7. The molecular formula is C28H33N2O2P. The molecule has 0 aromatic heterocycles. The van der Waals surface area contributed by atoms with Gasteiger partial charge in [0, 0.05) is 13.0 Å². The minimum atomic E-state index is -0.546. The maximum absolute atomic E-state index is 10.7. The molecule has 0 fully saturated rings. The van der Waals surface area contributed by atoms with Crippen LogP contribution in [-0.2, 0) is 4.79 Å². The lowest BCUT2D eigenvalue weighted by atomic mass is 10.2. The summed E-state index contributed by atoms with van der Waals surface area (Å²) in [5, 5.41) is 6.63. The Hall–Kier alpha value is -3.23. The van der Waals surface area contributed by atoms with Crippen molar-refractivity contribution in [3.63, 3.8) is 0 Å². The van der Waals surface area contributed by atoms with Crippen LogP contribution in [0.15, 0.2) is 103 Å². The Balaban J connectivity index is 0.000000234. The molecule has 0 unspecified atom stereocenters. The van der Waals surface area contributed by atoms with E-state index in [4.69, 9.17) is 1.41 Å². The molecule has 1 aliphatic carbocycles. The number of nitrogens with one attached hydrogen (secondary N) is 1. The van der Waals surface area contributed by atoms with Gasteiger partial charge in [-0.3, -0.25) is 4.79 Å². The number of primary amides is 1. The molecule has 3 aromatic rings. The first-order valence-electron chi connectivity index (χ1n) is 11.7. The van der Waals surface area contributed by atoms with Crippen molar-refractivity contribution < 1.29 is 11.0 Å². The number of amides is 2. The summed E-state index contributed by atoms with van der Waals surface area (Å²) < 4.78 is 6.47. The van der Waals surface area contributed by atoms with Crippen LogP contribution in [0, 0.1) is 0 Å². The summed E-state index contributed by atoms with van der Waals surface area (Å²) in [4.78, 5) is 21.3. The molecule has 4 nitrogen and oxygen atoms in total. The van der Waals surface area contributed by atoms with Crippen molar-refractivity contribution in [1.29, 1.82) is 0 Å². The Kier molecular flexibility index (Phi) is 10.9. The summed E-state index contributed by atoms with van der Waals surface area (Å²) in [6.45, 7) is 4.61. The van der Waals surface area contributed by atoms with E-state index in [1.54, 1.807) is 11.8 Å². The van der Waals surface area contributed by atoms with E-state index in [9.17, 15) is 9.59 Å². The quantitative estimate of drug-likeness (QED) is 0.536. The lowest BCUT2D eigenvalue weighted by Gasteiger charge is -2.18. The van der Waals surface area contributed by atoms with Gasteiger partial charge in [0.25, 0.3) is 0 Å². The van der Waals surface area contributed by atoms with Gasteiger partial charge >= 0.3 is 6.03 Å². The highest BCUT2D eigenvalue weighted by Crippen LogP contribution is 2.32. The van der Waals surface area contributed by atoms with Gasteiger partial charge in [-0.25, -0.2) is 4.79 Å². The van der Waals surface area contributed by atoms with E-state index in [0.29, 0.717) is 13.0 Å². The van der Waals surface area contributed by atoms with Crippen LogP contribution in [0.25, 0.3) is 0 Å². The number of benzene rings is 3. The fourth-order valence-electron chi connectivity index (χ4n) is 3.17. The van der Waals surface area contributed by atoms with Crippen LogP contribution in [-0.4, -0.2) is 18.4 Å². The van der Waals surface area contributed by atoms with Gasteiger partial charge < -0.3 is 11.0 Å². The predicted octanol–water partition coefficient (Wildman–Crippen LogP) is 4.81. The molecule has 5 heteroatoms. The molecule has 0 atom stereocenters. The highest BCUT2D eigenvalue weighted by Gasteiger charge is 2.15. The number of carbonyl (C=O) groups excluding carboxylic acids is 2. The molecule has 3 aromatic carbocycles. The van der Waals surface area contributed by atoms with Gasteiger partial charge in [-0.2, -0.15) is 0 Å². The number of nitrogens with two attached hydrogens (primary N) is 1. The number of hydrogen-bond acceptors (Lipinski definition) is 2. The topological polar surface area (TPSA) is 72.2 Å². The molecule has 0 radical (unpaired) electrons. The van der Waals surface area contributed by atoms with E-state index in [2.05, 4.69) is 110 Å². The molecule has 0 bridgehead atoms. The highest BCUT2D eigenvalue weighted by molar-refractivity contribution is 7.79. The van der Waals surface area contributed by atoms with Crippen LogP contribution in [0.2, 0.25) is 1.41 Å². The van der Waals surface area contributed by atoms with Crippen LogP contribution in [0.5, 0.6) is 0 Å². The number of hydrogen-bond donors (Lipinski definition) is 2. The first-order valence-corrected chi connectivity index (χ1v) is 12.6. The first kappa shape index (κ1) is 24.4. The Morgan fingerprint density at radius 2 is 1.27 bits per heavy atom. The molecule has 2 amide bonds. The smallest absolute Gasteiger partial charge is 0.312 e. The third kappa shape index (κ3) is 9.43. The summed E-state index contributed by atoms with van der Waals surface area (Å²) >= 11 is 0. The third-order valence-corrected chi connectivity index (χ3v) is 7.02. The summed E-state index contributed by atoms with van der Waals surface area (Å²) in [6, 6.07) is 31.8. The zero-order valence-electron chi connectivity index (χ0n) is 20.3. The van der Waals surface area contributed by atoms with Crippen molar-refractivity contribution in [2.75, 3.05) is 6.54 Å². The van der Waals surface area contributed by atoms with Gasteiger partial charge in [0.1, 0.15) is 0 Å².